The summed E-state index contributed by atoms with van der Waals surface area (Å²) in [6, 6.07) is 10.6. The Labute approximate surface area is 176 Å². The number of H-pyrrole nitrogens is 1. The summed E-state index contributed by atoms with van der Waals surface area (Å²) < 4.78 is 1.83. The van der Waals surface area contributed by atoms with Crippen LogP contribution in [-0.2, 0) is 13.1 Å². The molecule has 2 aromatic carbocycles. The summed E-state index contributed by atoms with van der Waals surface area (Å²) in [6.45, 7) is 5.51. The number of carboxylic acid groups (broad SMARTS) is 1. The zero-order valence-electron chi connectivity index (χ0n) is 17.1. The maximum absolute atomic E-state index is 12.3. The Hall–Kier alpha value is -3.85. The Morgan fingerprint density at radius 1 is 1.10 bits per heavy atom. The van der Waals surface area contributed by atoms with Crippen molar-refractivity contribution < 1.29 is 9.90 Å². The second-order valence-corrected chi connectivity index (χ2v) is 7.41. The highest BCUT2D eigenvalue weighted by Gasteiger charge is 2.19. The molecule has 0 bridgehead atoms. The molecule has 2 aromatic rings. The molecule has 31 heavy (non-hydrogen) atoms. The van der Waals surface area contributed by atoms with Crippen molar-refractivity contribution in [3.8, 4) is 11.5 Å². The first-order chi connectivity index (χ1) is 14.8. The van der Waals surface area contributed by atoms with E-state index in [0.717, 1.165) is 22.2 Å². The Bertz CT molecular complexity index is 1370. The van der Waals surface area contributed by atoms with E-state index in [1.54, 1.807) is 24.3 Å². The molecule has 2 aliphatic rings. The van der Waals surface area contributed by atoms with Crippen LogP contribution in [0.4, 0.5) is 0 Å². The average Bonchev–Trinajstić information content (AvgIpc) is 2.72. The predicted octanol–water partition coefficient (Wildman–Crippen LogP) is 1.69. The monoisotopic (exact) mass is 419 g/mol. The zero-order valence-corrected chi connectivity index (χ0v) is 17.1. The maximum atomic E-state index is 12.3. The molecule has 9 nitrogen and oxygen atoms in total. The molecule has 3 N–H and O–H groups in total. The molecular formula is C22H21N5O4. The van der Waals surface area contributed by atoms with Crippen LogP contribution in [0.25, 0.3) is 22.6 Å². The van der Waals surface area contributed by atoms with Gasteiger partial charge in [0.05, 0.1) is 16.6 Å². The van der Waals surface area contributed by atoms with E-state index in [9.17, 15) is 14.4 Å². The fraction of sp³-hybridized carbons (Fsp3) is 0.227. The molecule has 0 fully saturated rings. The van der Waals surface area contributed by atoms with E-state index < -0.39 is 17.2 Å². The Morgan fingerprint density at radius 2 is 1.81 bits per heavy atom. The summed E-state index contributed by atoms with van der Waals surface area (Å²) in [5, 5.41) is 12.3. The number of aromatic amines is 1. The smallest absolute Gasteiger partial charge is 0.349 e. The molecule has 0 aromatic heterocycles. The molecular weight excluding hydrogens is 398 g/mol. The van der Waals surface area contributed by atoms with Gasteiger partial charge >= 0.3 is 11.7 Å². The van der Waals surface area contributed by atoms with Crippen LogP contribution in [0.2, 0.25) is 0 Å². The van der Waals surface area contributed by atoms with Gasteiger partial charge in [-0.25, -0.2) is 14.6 Å². The number of fused-ring (bicyclic) bond motifs is 2. The summed E-state index contributed by atoms with van der Waals surface area (Å²) in [5.41, 5.74) is 3.62. The van der Waals surface area contributed by atoms with Crippen LogP contribution in [0.5, 0.6) is 0 Å². The van der Waals surface area contributed by atoms with Gasteiger partial charge in [0.2, 0.25) is 0 Å². The normalized spacial score (nSPS) is 11.3. The van der Waals surface area contributed by atoms with Gasteiger partial charge in [-0.05, 0) is 54.8 Å². The van der Waals surface area contributed by atoms with Crippen LogP contribution in [0.3, 0.4) is 0 Å². The summed E-state index contributed by atoms with van der Waals surface area (Å²) >= 11 is 0. The largest absolute Gasteiger partial charge is 0.478 e. The molecule has 2 heterocycles. The molecule has 0 radical (unpaired) electrons. The fourth-order valence-electron chi connectivity index (χ4n) is 3.47. The molecule has 2 aliphatic heterocycles. The topological polar surface area (TPSA) is 130 Å². The molecule has 4 rings (SSSR count). The van der Waals surface area contributed by atoms with Gasteiger partial charge in [-0.3, -0.25) is 9.78 Å². The van der Waals surface area contributed by atoms with Crippen LogP contribution in [-0.4, -0.2) is 37.1 Å². The van der Waals surface area contributed by atoms with Crippen molar-refractivity contribution in [2.45, 2.75) is 26.9 Å². The quantitative estimate of drug-likeness (QED) is 0.320. The number of nitrogens with one attached hydrogen (secondary N) is 2. The van der Waals surface area contributed by atoms with Gasteiger partial charge in [0.1, 0.15) is 0 Å². The number of hydrogen-bond acceptors (Lipinski definition) is 6. The highest BCUT2D eigenvalue weighted by Crippen LogP contribution is 2.23. The molecule has 0 amide bonds. The fourth-order valence-corrected chi connectivity index (χ4v) is 3.47. The number of aromatic carboxylic acids is 1. The van der Waals surface area contributed by atoms with Gasteiger partial charge in [0.15, 0.2) is 11.5 Å². The third kappa shape index (κ3) is 4.08. The van der Waals surface area contributed by atoms with Crippen molar-refractivity contribution >= 4 is 17.0 Å². The number of carbonyl (C=O) groups is 1. The second kappa shape index (κ2) is 8.11. The summed E-state index contributed by atoms with van der Waals surface area (Å²) in [7, 11) is 0. The van der Waals surface area contributed by atoms with Crippen LogP contribution in [0.15, 0.2) is 46.0 Å². The Kier molecular flexibility index (Phi) is 5.35. The molecule has 0 saturated carbocycles. The van der Waals surface area contributed by atoms with Crippen molar-refractivity contribution in [2.75, 3.05) is 6.54 Å². The lowest BCUT2D eigenvalue weighted by atomic mass is 10.1. The van der Waals surface area contributed by atoms with E-state index >= 15 is 0 Å². The van der Waals surface area contributed by atoms with Gasteiger partial charge in [0.25, 0.3) is 5.56 Å². The zero-order chi connectivity index (χ0) is 22.1. The van der Waals surface area contributed by atoms with E-state index in [-0.39, 0.29) is 17.1 Å². The van der Waals surface area contributed by atoms with E-state index in [0.29, 0.717) is 25.2 Å². The van der Waals surface area contributed by atoms with Gasteiger partial charge in [0, 0.05) is 19.6 Å². The minimum atomic E-state index is -0.960. The lowest BCUT2D eigenvalue weighted by Crippen LogP contribution is -2.30. The third-order valence-corrected chi connectivity index (χ3v) is 5.27. The lowest BCUT2D eigenvalue weighted by Gasteiger charge is -2.18. The van der Waals surface area contributed by atoms with Crippen molar-refractivity contribution in [1.82, 2.24) is 24.8 Å². The average molecular weight is 419 g/mol. The minimum absolute atomic E-state index is 0.125. The lowest BCUT2D eigenvalue weighted by molar-refractivity contribution is 0.0697. The molecule has 0 aliphatic carbocycles. The molecule has 9 heteroatoms. The number of aryl methyl sites for hydroxylation is 2. The van der Waals surface area contributed by atoms with E-state index in [4.69, 9.17) is 5.11 Å². The first-order valence-electron chi connectivity index (χ1n) is 9.78. The third-order valence-electron chi connectivity index (χ3n) is 5.27. The predicted molar refractivity (Wildman–Crippen MR) is 116 cm³/mol. The number of benzene rings is 2. The van der Waals surface area contributed by atoms with Crippen LogP contribution in [0.1, 0.15) is 27.0 Å². The Morgan fingerprint density at radius 3 is 2.52 bits per heavy atom. The van der Waals surface area contributed by atoms with Gasteiger partial charge in [-0.15, -0.1) is 0 Å². The standard InChI is InChI=1S/C22H21N5O4/c1-12-9-16-17(10-13(12)2)27(19-18(24-16)20(28)26-22(31)25-19)8-7-23-11-14-3-5-15(6-4-14)21(29)30/h3-6,9-10,23H,7-8,11H2,1-2H3,(H,29,30)(H,26,28,31). The van der Waals surface area contributed by atoms with Crippen LogP contribution < -0.4 is 16.6 Å². The molecule has 0 unspecified atom stereocenters. The number of rotatable bonds is 6. The van der Waals surface area contributed by atoms with Gasteiger partial charge < -0.3 is 15.0 Å². The molecule has 0 atom stereocenters. The van der Waals surface area contributed by atoms with Crippen LogP contribution in [0, 0.1) is 13.8 Å². The Balaban J connectivity index is 1.63. The number of aromatic nitrogens is 4. The second-order valence-electron chi connectivity index (χ2n) is 7.41. The summed E-state index contributed by atoms with van der Waals surface area (Å²) in [5.74, 6) is -0.713. The van der Waals surface area contributed by atoms with Crippen molar-refractivity contribution in [1.29, 1.82) is 0 Å². The molecule has 158 valence electrons. The summed E-state index contributed by atoms with van der Waals surface area (Å²) in [4.78, 5) is 45.7. The van der Waals surface area contributed by atoms with Crippen molar-refractivity contribution in [3.63, 3.8) is 0 Å². The number of carboxylic acids is 1. The van der Waals surface area contributed by atoms with E-state index in [1.165, 1.54) is 0 Å². The number of hydrogen-bond donors (Lipinski definition) is 3. The maximum Gasteiger partial charge on any atom is 0.349 e. The SMILES string of the molecule is Cc1cc2nc3c(=O)[nH]c(=O)nc-3n(CCNCc3ccc(C(=O)O)cc3)c2cc1C. The van der Waals surface area contributed by atoms with Crippen LogP contribution >= 0.6 is 0 Å². The van der Waals surface area contributed by atoms with Gasteiger partial charge in [-0.2, -0.15) is 4.98 Å². The first kappa shape index (κ1) is 20.4. The van der Waals surface area contributed by atoms with Crippen molar-refractivity contribution in [2.24, 2.45) is 0 Å². The van der Waals surface area contributed by atoms with E-state index in [1.807, 2.05) is 30.5 Å². The van der Waals surface area contributed by atoms with Crippen molar-refractivity contribution in [3.05, 3.63) is 79.5 Å². The van der Waals surface area contributed by atoms with Gasteiger partial charge in [-0.1, -0.05) is 12.1 Å². The highest BCUT2D eigenvalue weighted by molar-refractivity contribution is 5.87. The first-order valence-corrected chi connectivity index (χ1v) is 9.78. The van der Waals surface area contributed by atoms with E-state index in [2.05, 4.69) is 20.3 Å². The minimum Gasteiger partial charge on any atom is -0.478 e. The molecule has 0 spiro atoms. The number of nitrogens with zero attached hydrogens (tertiary/aromatic N) is 3. The highest BCUT2D eigenvalue weighted by atomic mass is 16.4. The summed E-state index contributed by atoms with van der Waals surface area (Å²) in [6.07, 6.45) is 0. The molecule has 0 saturated heterocycles.